The monoisotopic (exact) mass is 166 g/mol. The van der Waals surface area contributed by atoms with E-state index in [-0.39, 0.29) is 6.10 Å². The highest BCUT2D eigenvalue weighted by molar-refractivity contribution is 5.12. The third-order valence-electron chi connectivity index (χ3n) is 3.28. The van der Waals surface area contributed by atoms with Crippen LogP contribution >= 0.6 is 0 Å². The van der Waals surface area contributed by atoms with Gasteiger partial charge >= 0.3 is 0 Å². The third-order valence-corrected chi connectivity index (χ3v) is 3.28. The fraction of sp³-hybridized carbons (Fsp3) is 0.818. The molecule has 0 aliphatic heterocycles. The SMILES string of the molecule is OC1CCCC1C1=CCCCC1. The van der Waals surface area contributed by atoms with Crippen LogP contribution in [0.15, 0.2) is 11.6 Å². The summed E-state index contributed by atoms with van der Waals surface area (Å²) in [6.07, 6.45) is 11.0. The van der Waals surface area contributed by atoms with E-state index >= 15 is 0 Å². The Labute approximate surface area is 74.5 Å². The molecule has 68 valence electrons. The van der Waals surface area contributed by atoms with Crippen LogP contribution in [-0.4, -0.2) is 11.2 Å². The predicted octanol–water partition coefficient (Wildman–Crippen LogP) is 2.65. The zero-order valence-corrected chi connectivity index (χ0v) is 7.63. The molecule has 2 atom stereocenters. The third kappa shape index (κ3) is 1.56. The van der Waals surface area contributed by atoms with Crippen molar-refractivity contribution < 1.29 is 5.11 Å². The van der Waals surface area contributed by atoms with E-state index in [1.165, 1.54) is 38.5 Å². The second-order valence-electron chi connectivity index (χ2n) is 4.13. The van der Waals surface area contributed by atoms with Gasteiger partial charge in [-0.1, -0.05) is 18.1 Å². The van der Waals surface area contributed by atoms with Gasteiger partial charge in [-0.2, -0.15) is 0 Å². The Hall–Kier alpha value is -0.300. The zero-order chi connectivity index (χ0) is 8.39. The largest absolute Gasteiger partial charge is 0.393 e. The van der Waals surface area contributed by atoms with Crippen molar-refractivity contribution in [3.05, 3.63) is 11.6 Å². The molecule has 2 unspecified atom stereocenters. The summed E-state index contributed by atoms with van der Waals surface area (Å²) in [6.45, 7) is 0. The first-order valence-corrected chi connectivity index (χ1v) is 5.25. The lowest BCUT2D eigenvalue weighted by Crippen LogP contribution is -2.16. The minimum Gasteiger partial charge on any atom is -0.393 e. The molecule has 0 radical (unpaired) electrons. The molecule has 0 bridgehead atoms. The smallest absolute Gasteiger partial charge is 0.0605 e. The normalized spacial score (nSPS) is 36.6. The lowest BCUT2D eigenvalue weighted by atomic mass is 9.87. The molecular weight excluding hydrogens is 148 g/mol. The first kappa shape index (κ1) is 8.31. The van der Waals surface area contributed by atoms with Crippen LogP contribution in [0.3, 0.4) is 0 Å². The predicted molar refractivity (Wildman–Crippen MR) is 49.9 cm³/mol. The first-order valence-electron chi connectivity index (χ1n) is 5.25. The summed E-state index contributed by atoms with van der Waals surface area (Å²) in [5, 5.41) is 9.70. The van der Waals surface area contributed by atoms with Gasteiger partial charge in [-0.15, -0.1) is 0 Å². The highest BCUT2D eigenvalue weighted by Crippen LogP contribution is 2.35. The molecule has 0 amide bonds. The quantitative estimate of drug-likeness (QED) is 0.594. The van der Waals surface area contributed by atoms with Crippen LogP contribution in [0.25, 0.3) is 0 Å². The second-order valence-corrected chi connectivity index (χ2v) is 4.13. The number of rotatable bonds is 1. The van der Waals surface area contributed by atoms with E-state index in [9.17, 15) is 5.11 Å². The summed E-state index contributed by atoms with van der Waals surface area (Å²) in [7, 11) is 0. The Morgan fingerprint density at radius 2 is 2.08 bits per heavy atom. The molecule has 0 aromatic rings. The maximum absolute atomic E-state index is 9.70. The summed E-state index contributed by atoms with van der Waals surface area (Å²) < 4.78 is 0. The van der Waals surface area contributed by atoms with Gasteiger partial charge in [0, 0.05) is 5.92 Å². The van der Waals surface area contributed by atoms with Crippen molar-refractivity contribution in [2.45, 2.75) is 51.0 Å². The Morgan fingerprint density at radius 1 is 1.17 bits per heavy atom. The molecule has 0 heterocycles. The van der Waals surface area contributed by atoms with E-state index in [4.69, 9.17) is 0 Å². The van der Waals surface area contributed by atoms with Crippen molar-refractivity contribution in [1.82, 2.24) is 0 Å². The average molecular weight is 166 g/mol. The Balaban J connectivity index is 2.02. The molecule has 0 spiro atoms. The molecule has 1 heteroatoms. The maximum atomic E-state index is 9.70. The fourth-order valence-corrected chi connectivity index (χ4v) is 2.57. The second kappa shape index (κ2) is 3.61. The van der Waals surface area contributed by atoms with Crippen LogP contribution < -0.4 is 0 Å². The van der Waals surface area contributed by atoms with Crippen LogP contribution in [0.5, 0.6) is 0 Å². The summed E-state index contributed by atoms with van der Waals surface area (Å²) in [5.74, 6) is 0.533. The van der Waals surface area contributed by atoms with E-state index in [1.807, 2.05) is 0 Å². The van der Waals surface area contributed by atoms with Crippen molar-refractivity contribution in [2.24, 2.45) is 5.92 Å². The van der Waals surface area contributed by atoms with Gasteiger partial charge in [0.25, 0.3) is 0 Å². The van der Waals surface area contributed by atoms with Gasteiger partial charge < -0.3 is 5.11 Å². The van der Waals surface area contributed by atoms with Crippen LogP contribution in [0.2, 0.25) is 0 Å². The van der Waals surface area contributed by atoms with Crippen LogP contribution in [0, 0.1) is 5.92 Å². The van der Waals surface area contributed by atoms with Crippen LogP contribution in [0.4, 0.5) is 0 Å². The van der Waals surface area contributed by atoms with Gasteiger partial charge in [0.15, 0.2) is 0 Å². The molecule has 1 fully saturated rings. The minimum atomic E-state index is -0.0191. The fourth-order valence-electron chi connectivity index (χ4n) is 2.57. The molecular formula is C11H18O. The topological polar surface area (TPSA) is 20.2 Å². The molecule has 0 saturated heterocycles. The first-order chi connectivity index (χ1) is 5.88. The zero-order valence-electron chi connectivity index (χ0n) is 7.63. The lowest BCUT2D eigenvalue weighted by Gasteiger charge is -2.21. The molecule has 2 aliphatic carbocycles. The minimum absolute atomic E-state index is 0.0191. The summed E-state index contributed by atoms with van der Waals surface area (Å²) in [6, 6.07) is 0. The van der Waals surface area contributed by atoms with Gasteiger partial charge in [0.1, 0.15) is 0 Å². The standard InChI is InChI=1S/C11H18O/c12-11-8-4-7-10(11)9-5-2-1-3-6-9/h5,10-12H,1-4,6-8H2. The number of hydrogen-bond donors (Lipinski definition) is 1. The number of aliphatic hydroxyl groups is 1. The van der Waals surface area contributed by atoms with Crippen molar-refractivity contribution in [2.75, 3.05) is 0 Å². The highest BCUT2D eigenvalue weighted by Gasteiger charge is 2.28. The maximum Gasteiger partial charge on any atom is 0.0605 e. The van der Waals surface area contributed by atoms with E-state index in [1.54, 1.807) is 5.57 Å². The van der Waals surface area contributed by atoms with Crippen LogP contribution in [0.1, 0.15) is 44.9 Å². The van der Waals surface area contributed by atoms with E-state index in [0.29, 0.717) is 5.92 Å². The van der Waals surface area contributed by atoms with Gasteiger partial charge in [-0.05, 0) is 38.5 Å². The van der Waals surface area contributed by atoms with Gasteiger partial charge in [0.2, 0.25) is 0 Å². The number of hydrogen-bond acceptors (Lipinski definition) is 1. The van der Waals surface area contributed by atoms with Crippen LogP contribution in [-0.2, 0) is 0 Å². The van der Waals surface area contributed by atoms with Crippen molar-refractivity contribution in [1.29, 1.82) is 0 Å². The van der Waals surface area contributed by atoms with Crippen molar-refractivity contribution in [3.63, 3.8) is 0 Å². The summed E-state index contributed by atoms with van der Waals surface area (Å²) in [5.41, 5.74) is 1.56. The lowest BCUT2D eigenvalue weighted by molar-refractivity contribution is 0.146. The van der Waals surface area contributed by atoms with E-state index < -0.39 is 0 Å². The molecule has 0 aromatic heterocycles. The molecule has 12 heavy (non-hydrogen) atoms. The van der Waals surface area contributed by atoms with Gasteiger partial charge in [-0.3, -0.25) is 0 Å². The summed E-state index contributed by atoms with van der Waals surface area (Å²) in [4.78, 5) is 0. The molecule has 1 nitrogen and oxygen atoms in total. The molecule has 1 saturated carbocycles. The van der Waals surface area contributed by atoms with E-state index in [2.05, 4.69) is 6.08 Å². The van der Waals surface area contributed by atoms with Crippen molar-refractivity contribution in [3.8, 4) is 0 Å². The molecule has 2 rings (SSSR count). The number of allylic oxidation sites excluding steroid dienone is 1. The van der Waals surface area contributed by atoms with Gasteiger partial charge in [-0.25, -0.2) is 0 Å². The Bertz CT molecular complexity index is 183. The highest BCUT2D eigenvalue weighted by atomic mass is 16.3. The average Bonchev–Trinajstić information content (AvgIpc) is 2.53. The van der Waals surface area contributed by atoms with E-state index in [0.717, 1.165) is 6.42 Å². The van der Waals surface area contributed by atoms with Crippen molar-refractivity contribution >= 4 is 0 Å². The number of aliphatic hydroxyl groups excluding tert-OH is 1. The van der Waals surface area contributed by atoms with Gasteiger partial charge in [0.05, 0.1) is 6.10 Å². The molecule has 1 N–H and O–H groups in total. The molecule has 2 aliphatic rings. The summed E-state index contributed by atoms with van der Waals surface area (Å²) >= 11 is 0. The Morgan fingerprint density at radius 3 is 2.67 bits per heavy atom. The molecule has 0 aromatic carbocycles. The Kier molecular flexibility index (Phi) is 2.50.